The predicted octanol–water partition coefficient (Wildman–Crippen LogP) is 1.62. The van der Waals surface area contributed by atoms with Crippen molar-refractivity contribution in [2.45, 2.75) is 13.5 Å². The fraction of sp³-hybridized carbons (Fsp3) is 0.111. The maximum absolute atomic E-state index is 11.8. The summed E-state index contributed by atoms with van der Waals surface area (Å²) in [5.41, 5.74) is 4.61. The lowest BCUT2D eigenvalue weighted by Crippen LogP contribution is -2.37. The third-order valence-electron chi connectivity index (χ3n) is 3.62. The lowest BCUT2D eigenvalue weighted by atomic mass is 10.1. The van der Waals surface area contributed by atoms with Gasteiger partial charge in [0.15, 0.2) is 0 Å². The number of carbonyl (C=O) groups is 2. The summed E-state index contributed by atoms with van der Waals surface area (Å²) < 4.78 is 6.95. The highest BCUT2D eigenvalue weighted by Crippen LogP contribution is 2.10. The van der Waals surface area contributed by atoms with E-state index in [0.29, 0.717) is 11.5 Å². The number of aromatic nitrogens is 2. The monoisotopic (exact) mass is 351 g/mol. The second kappa shape index (κ2) is 7.93. The van der Waals surface area contributed by atoms with Crippen molar-refractivity contribution in [1.82, 2.24) is 20.3 Å². The zero-order chi connectivity index (χ0) is 18.4. The second-order valence-electron chi connectivity index (χ2n) is 5.42. The van der Waals surface area contributed by atoms with Crippen LogP contribution in [-0.2, 0) is 16.1 Å². The van der Waals surface area contributed by atoms with E-state index >= 15 is 0 Å². The van der Waals surface area contributed by atoms with Gasteiger partial charge in [0.25, 0.3) is 0 Å². The average molecular weight is 351 g/mol. The van der Waals surface area contributed by atoms with Gasteiger partial charge in [-0.1, -0.05) is 12.1 Å². The zero-order valence-corrected chi connectivity index (χ0v) is 14.0. The number of amides is 2. The van der Waals surface area contributed by atoms with Crippen molar-refractivity contribution in [3.8, 4) is 5.69 Å². The number of hydrogen-bond donors (Lipinski definition) is 2. The summed E-state index contributed by atoms with van der Waals surface area (Å²) in [5, 5.41) is 6.42. The smallest absolute Gasteiger partial charge is 0.329 e. The molecule has 0 aliphatic heterocycles. The van der Waals surface area contributed by atoms with Crippen molar-refractivity contribution < 1.29 is 14.0 Å². The van der Waals surface area contributed by atoms with E-state index in [1.165, 1.54) is 6.26 Å². The highest BCUT2D eigenvalue weighted by atomic mass is 16.3. The number of imidazole rings is 1. The molecule has 2 N–H and O–H groups in total. The molecule has 0 radical (unpaired) electrons. The van der Waals surface area contributed by atoms with Gasteiger partial charge >= 0.3 is 11.8 Å². The van der Waals surface area contributed by atoms with Crippen LogP contribution in [0.3, 0.4) is 0 Å². The molecule has 2 amide bonds. The van der Waals surface area contributed by atoms with Gasteiger partial charge in [-0.2, -0.15) is 5.10 Å². The van der Waals surface area contributed by atoms with Gasteiger partial charge in [-0.3, -0.25) is 9.59 Å². The first kappa shape index (κ1) is 17.2. The Morgan fingerprint density at radius 3 is 2.65 bits per heavy atom. The first-order valence-corrected chi connectivity index (χ1v) is 7.87. The third-order valence-corrected chi connectivity index (χ3v) is 3.62. The number of hydrazone groups is 1. The Labute approximate surface area is 149 Å². The molecule has 26 heavy (non-hydrogen) atoms. The highest BCUT2D eigenvalue weighted by Gasteiger charge is 2.13. The van der Waals surface area contributed by atoms with E-state index in [-0.39, 0.29) is 6.54 Å². The van der Waals surface area contributed by atoms with Gasteiger partial charge in [0.05, 0.1) is 24.8 Å². The van der Waals surface area contributed by atoms with Gasteiger partial charge in [-0.15, -0.1) is 0 Å². The van der Waals surface area contributed by atoms with Crippen LogP contribution in [-0.4, -0.2) is 27.1 Å². The van der Waals surface area contributed by atoms with Gasteiger partial charge in [-0.25, -0.2) is 10.4 Å². The molecule has 0 bridgehead atoms. The molecule has 0 atom stereocenters. The van der Waals surface area contributed by atoms with Gasteiger partial charge in [0, 0.05) is 18.1 Å². The van der Waals surface area contributed by atoms with Crippen molar-refractivity contribution in [2.24, 2.45) is 5.10 Å². The van der Waals surface area contributed by atoms with Gasteiger partial charge < -0.3 is 14.3 Å². The molecule has 0 unspecified atom stereocenters. The standard InChI is InChI=1S/C18H17N5O3/c1-13(14-4-6-15(7-5-14)23-9-8-19-12-23)21-22-18(25)17(24)20-11-16-3-2-10-26-16/h2-10,12H,11H2,1H3,(H,20,24)(H,22,25)/b21-13+. The van der Waals surface area contributed by atoms with E-state index in [2.05, 4.69) is 20.8 Å². The molecule has 3 rings (SSSR count). The molecule has 2 heterocycles. The zero-order valence-electron chi connectivity index (χ0n) is 14.0. The van der Waals surface area contributed by atoms with E-state index in [4.69, 9.17) is 4.42 Å². The van der Waals surface area contributed by atoms with Crippen LogP contribution in [0.15, 0.2) is 70.9 Å². The van der Waals surface area contributed by atoms with Crippen LogP contribution in [0.25, 0.3) is 5.69 Å². The fourth-order valence-corrected chi connectivity index (χ4v) is 2.20. The van der Waals surface area contributed by atoms with Crippen molar-refractivity contribution in [1.29, 1.82) is 0 Å². The fourth-order valence-electron chi connectivity index (χ4n) is 2.20. The predicted molar refractivity (Wildman–Crippen MR) is 94.5 cm³/mol. The summed E-state index contributed by atoms with van der Waals surface area (Å²) >= 11 is 0. The summed E-state index contributed by atoms with van der Waals surface area (Å²) in [6.45, 7) is 1.88. The van der Waals surface area contributed by atoms with Gasteiger partial charge in [0.1, 0.15) is 5.76 Å². The maximum Gasteiger partial charge on any atom is 0.329 e. The number of nitrogens with one attached hydrogen (secondary N) is 2. The van der Waals surface area contributed by atoms with Crippen molar-refractivity contribution >= 4 is 17.5 Å². The minimum Gasteiger partial charge on any atom is -0.467 e. The Bertz CT molecular complexity index is 897. The molecule has 0 saturated carbocycles. The minimum atomic E-state index is -0.842. The van der Waals surface area contributed by atoms with Gasteiger partial charge in [0.2, 0.25) is 0 Å². The number of furan rings is 1. The van der Waals surface area contributed by atoms with E-state index in [1.807, 2.05) is 35.0 Å². The van der Waals surface area contributed by atoms with Crippen LogP contribution >= 0.6 is 0 Å². The molecule has 0 fully saturated rings. The lowest BCUT2D eigenvalue weighted by molar-refractivity contribution is -0.139. The Morgan fingerprint density at radius 2 is 2.00 bits per heavy atom. The molecule has 132 valence electrons. The number of nitrogens with zero attached hydrogens (tertiary/aromatic N) is 3. The molecule has 8 nitrogen and oxygen atoms in total. The van der Waals surface area contributed by atoms with E-state index in [1.54, 1.807) is 31.6 Å². The van der Waals surface area contributed by atoms with Crippen LogP contribution in [0, 0.1) is 0 Å². The van der Waals surface area contributed by atoms with Crippen LogP contribution in [0.1, 0.15) is 18.2 Å². The Hall–Kier alpha value is -3.68. The lowest BCUT2D eigenvalue weighted by Gasteiger charge is -2.05. The first-order valence-electron chi connectivity index (χ1n) is 7.87. The van der Waals surface area contributed by atoms with Crippen LogP contribution in [0.4, 0.5) is 0 Å². The third kappa shape index (κ3) is 4.23. The maximum atomic E-state index is 11.8. The van der Waals surface area contributed by atoms with Crippen molar-refractivity contribution in [3.05, 3.63) is 72.7 Å². The molecule has 3 aromatic rings. The number of benzene rings is 1. The minimum absolute atomic E-state index is 0.137. The van der Waals surface area contributed by atoms with E-state index < -0.39 is 11.8 Å². The first-order chi connectivity index (χ1) is 12.6. The molecule has 0 aliphatic carbocycles. The molecule has 1 aromatic carbocycles. The summed E-state index contributed by atoms with van der Waals surface area (Å²) in [4.78, 5) is 27.5. The molecule has 2 aromatic heterocycles. The summed E-state index contributed by atoms with van der Waals surface area (Å²) in [7, 11) is 0. The average Bonchev–Trinajstić information content (AvgIpc) is 3.37. The van der Waals surface area contributed by atoms with Crippen molar-refractivity contribution in [3.63, 3.8) is 0 Å². The Morgan fingerprint density at radius 1 is 1.19 bits per heavy atom. The second-order valence-corrected chi connectivity index (χ2v) is 5.42. The Kier molecular flexibility index (Phi) is 5.23. The van der Waals surface area contributed by atoms with Gasteiger partial charge in [-0.05, 0) is 36.8 Å². The number of rotatable bonds is 5. The molecule has 0 saturated heterocycles. The van der Waals surface area contributed by atoms with Crippen LogP contribution in [0.2, 0.25) is 0 Å². The molecule has 0 aliphatic rings. The summed E-state index contributed by atoms with van der Waals surface area (Å²) in [5.74, 6) is -1.07. The Balaban J connectivity index is 1.55. The molecule has 8 heteroatoms. The van der Waals surface area contributed by atoms with E-state index in [0.717, 1.165) is 11.3 Å². The molecular formula is C18H17N5O3. The summed E-state index contributed by atoms with van der Waals surface area (Å²) in [6, 6.07) is 11.0. The molecular weight excluding hydrogens is 334 g/mol. The SMILES string of the molecule is C/C(=N\NC(=O)C(=O)NCc1ccco1)c1ccc(-n2ccnc2)cc1. The summed E-state index contributed by atoms with van der Waals surface area (Å²) in [6.07, 6.45) is 6.75. The highest BCUT2D eigenvalue weighted by molar-refractivity contribution is 6.35. The van der Waals surface area contributed by atoms with Crippen molar-refractivity contribution in [2.75, 3.05) is 0 Å². The van der Waals surface area contributed by atoms with E-state index in [9.17, 15) is 9.59 Å². The normalized spacial score (nSPS) is 11.2. The quantitative estimate of drug-likeness (QED) is 0.414. The van der Waals surface area contributed by atoms with Crippen LogP contribution < -0.4 is 10.7 Å². The van der Waals surface area contributed by atoms with Crippen LogP contribution in [0.5, 0.6) is 0 Å². The number of hydrogen-bond acceptors (Lipinski definition) is 5. The topological polar surface area (TPSA) is 102 Å². The number of carbonyl (C=O) groups excluding carboxylic acids is 2. The largest absolute Gasteiger partial charge is 0.467 e. The molecule has 0 spiro atoms.